The maximum absolute atomic E-state index is 13.2. The smallest absolute Gasteiger partial charge is 0.276 e. The first kappa shape index (κ1) is 18.2. The van der Waals surface area contributed by atoms with Crippen LogP contribution in [0, 0.1) is 0 Å². The van der Waals surface area contributed by atoms with Crippen LogP contribution in [0.25, 0.3) is 0 Å². The van der Waals surface area contributed by atoms with E-state index in [4.69, 9.17) is 17.3 Å². The third-order valence-corrected chi connectivity index (χ3v) is 5.06. The summed E-state index contributed by atoms with van der Waals surface area (Å²) in [4.78, 5) is 31.5. The van der Waals surface area contributed by atoms with E-state index in [2.05, 4.69) is 10.1 Å². The summed E-state index contributed by atoms with van der Waals surface area (Å²) >= 11 is 5.96. The molecule has 4 rings (SSSR count). The lowest BCUT2D eigenvalue weighted by atomic mass is 10.0. The van der Waals surface area contributed by atoms with Crippen molar-refractivity contribution in [2.75, 3.05) is 17.2 Å². The van der Waals surface area contributed by atoms with Gasteiger partial charge in [-0.3, -0.25) is 14.3 Å². The monoisotopic (exact) mass is 395 g/mol. The number of Topliss-reactive ketones (excluding diaryl/α,β-unsaturated/α-hetero) is 1. The van der Waals surface area contributed by atoms with E-state index in [1.54, 1.807) is 52.2 Å². The predicted molar refractivity (Wildman–Crippen MR) is 107 cm³/mol. The van der Waals surface area contributed by atoms with Crippen molar-refractivity contribution in [3.05, 3.63) is 70.6 Å². The molecule has 0 unspecified atom stereocenters. The quantitative estimate of drug-likeness (QED) is 0.685. The van der Waals surface area contributed by atoms with Gasteiger partial charge < -0.3 is 10.6 Å². The molecule has 8 heteroatoms. The van der Waals surface area contributed by atoms with Crippen LogP contribution in [-0.2, 0) is 6.42 Å². The Balaban J connectivity index is 1.67. The number of pyridine rings is 1. The molecule has 3 aromatic rings. The number of hydrogen-bond acceptors (Lipinski definition) is 5. The highest BCUT2D eigenvalue weighted by Crippen LogP contribution is 2.29. The van der Waals surface area contributed by atoms with Crippen molar-refractivity contribution in [2.24, 2.45) is 0 Å². The van der Waals surface area contributed by atoms with Gasteiger partial charge in [0.2, 0.25) is 0 Å². The van der Waals surface area contributed by atoms with Gasteiger partial charge in [0, 0.05) is 35.4 Å². The maximum Gasteiger partial charge on any atom is 0.276 e. The number of fused-ring (bicyclic) bond motifs is 1. The summed E-state index contributed by atoms with van der Waals surface area (Å²) in [6.45, 7) is 2.47. The normalized spacial score (nSPS) is 16.1. The summed E-state index contributed by atoms with van der Waals surface area (Å²) < 4.78 is 1.68. The number of carbonyl (C=O) groups excluding carboxylic acids is 2. The first-order valence-electron chi connectivity index (χ1n) is 8.83. The van der Waals surface area contributed by atoms with E-state index in [0.717, 1.165) is 5.69 Å². The van der Waals surface area contributed by atoms with Crippen molar-refractivity contribution in [2.45, 2.75) is 19.4 Å². The van der Waals surface area contributed by atoms with Gasteiger partial charge in [0.15, 0.2) is 5.78 Å². The number of halogens is 1. The van der Waals surface area contributed by atoms with Crippen LogP contribution in [0.4, 0.5) is 11.5 Å². The molecule has 1 aliphatic heterocycles. The summed E-state index contributed by atoms with van der Waals surface area (Å²) in [5.41, 5.74) is 7.90. The molecular weight excluding hydrogens is 378 g/mol. The average Bonchev–Trinajstić information content (AvgIpc) is 3.10. The molecule has 2 N–H and O–H groups in total. The van der Waals surface area contributed by atoms with E-state index in [0.29, 0.717) is 28.4 Å². The second-order valence-electron chi connectivity index (χ2n) is 6.74. The number of rotatable bonds is 4. The van der Waals surface area contributed by atoms with Crippen molar-refractivity contribution < 1.29 is 9.59 Å². The van der Waals surface area contributed by atoms with Crippen LogP contribution < -0.4 is 10.6 Å². The van der Waals surface area contributed by atoms with Crippen LogP contribution >= 0.6 is 11.6 Å². The highest BCUT2D eigenvalue weighted by atomic mass is 35.5. The molecular formula is C20H18ClN5O2. The standard InChI is InChI=1S/C20H18ClN5O2/c1-12-11-25(15-6-4-14(21)5-7-15)20(28)18-13(10-24-26(12)18)9-17(27)16-3-2-8-23-19(16)22/h2-8,10,12H,9,11H2,1H3,(H2,22,23)/t12-/m0/s1. The number of amides is 1. The maximum atomic E-state index is 13.2. The Morgan fingerprint density at radius 3 is 2.75 bits per heavy atom. The molecule has 1 amide bonds. The van der Waals surface area contributed by atoms with Gasteiger partial charge in [-0.25, -0.2) is 4.98 Å². The fourth-order valence-electron chi connectivity index (χ4n) is 3.41. The molecule has 0 fully saturated rings. The minimum Gasteiger partial charge on any atom is -0.383 e. The minimum atomic E-state index is -0.203. The Kier molecular flexibility index (Phi) is 4.60. The molecule has 1 atom stereocenters. The van der Waals surface area contributed by atoms with Crippen molar-refractivity contribution in [3.8, 4) is 0 Å². The van der Waals surface area contributed by atoms with Crippen LogP contribution in [-0.4, -0.2) is 33.0 Å². The summed E-state index contributed by atoms with van der Waals surface area (Å²) in [5.74, 6) is -0.221. The molecule has 0 aliphatic carbocycles. The van der Waals surface area contributed by atoms with E-state index in [1.165, 1.54) is 6.20 Å². The lowest BCUT2D eigenvalue weighted by Crippen LogP contribution is -2.43. The number of hydrogen-bond donors (Lipinski definition) is 1. The van der Waals surface area contributed by atoms with Crippen LogP contribution in [0.5, 0.6) is 0 Å². The zero-order valence-corrected chi connectivity index (χ0v) is 15.9. The van der Waals surface area contributed by atoms with Crippen molar-refractivity contribution in [1.29, 1.82) is 0 Å². The van der Waals surface area contributed by atoms with E-state index in [-0.39, 0.29) is 30.0 Å². The fourth-order valence-corrected chi connectivity index (χ4v) is 3.54. The summed E-state index contributed by atoms with van der Waals surface area (Å²) in [7, 11) is 0. The molecule has 0 spiro atoms. The van der Waals surface area contributed by atoms with Crippen LogP contribution in [0.15, 0.2) is 48.8 Å². The van der Waals surface area contributed by atoms with Gasteiger partial charge in [-0.15, -0.1) is 0 Å². The molecule has 0 bridgehead atoms. The number of nitrogen functional groups attached to an aromatic ring is 1. The Morgan fingerprint density at radius 2 is 2.04 bits per heavy atom. The SMILES string of the molecule is C[C@H]1CN(c2ccc(Cl)cc2)C(=O)c2c(CC(=O)c3cccnc3N)cnn21. The molecule has 1 aromatic carbocycles. The molecule has 142 valence electrons. The van der Waals surface area contributed by atoms with Crippen LogP contribution in [0.2, 0.25) is 5.02 Å². The minimum absolute atomic E-state index is 0.0259. The largest absolute Gasteiger partial charge is 0.383 e. The van der Waals surface area contributed by atoms with E-state index in [1.807, 2.05) is 6.92 Å². The number of carbonyl (C=O) groups is 2. The number of ketones is 1. The van der Waals surface area contributed by atoms with Gasteiger partial charge in [-0.2, -0.15) is 5.10 Å². The van der Waals surface area contributed by atoms with Gasteiger partial charge in [-0.05, 0) is 43.3 Å². The van der Waals surface area contributed by atoms with Crippen molar-refractivity contribution in [1.82, 2.24) is 14.8 Å². The first-order chi connectivity index (χ1) is 13.5. The highest BCUT2D eigenvalue weighted by Gasteiger charge is 2.33. The lowest BCUT2D eigenvalue weighted by Gasteiger charge is -2.32. The molecule has 2 aromatic heterocycles. The topological polar surface area (TPSA) is 94.1 Å². The predicted octanol–water partition coefficient (Wildman–Crippen LogP) is 3.16. The number of anilines is 2. The van der Waals surface area contributed by atoms with Gasteiger partial charge in [-0.1, -0.05) is 11.6 Å². The second-order valence-corrected chi connectivity index (χ2v) is 7.18. The number of aromatic nitrogens is 3. The highest BCUT2D eigenvalue weighted by molar-refractivity contribution is 6.30. The third kappa shape index (κ3) is 3.14. The third-order valence-electron chi connectivity index (χ3n) is 4.81. The number of nitrogens with zero attached hydrogens (tertiary/aromatic N) is 4. The van der Waals surface area contributed by atoms with Gasteiger partial charge in [0.1, 0.15) is 11.5 Å². The zero-order valence-electron chi connectivity index (χ0n) is 15.2. The van der Waals surface area contributed by atoms with Crippen molar-refractivity contribution in [3.63, 3.8) is 0 Å². The summed E-state index contributed by atoms with van der Waals surface area (Å²) in [5, 5.41) is 4.95. The molecule has 7 nitrogen and oxygen atoms in total. The van der Waals surface area contributed by atoms with Crippen molar-refractivity contribution >= 4 is 34.8 Å². The summed E-state index contributed by atoms with van der Waals surface area (Å²) in [6.07, 6.45) is 3.14. The van der Waals surface area contributed by atoms with Gasteiger partial charge >= 0.3 is 0 Å². The lowest BCUT2D eigenvalue weighted by molar-refractivity contribution is 0.0951. The first-order valence-corrected chi connectivity index (χ1v) is 9.21. The van der Waals surface area contributed by atoms with Gasteiger partial charge in [0.25, 0.3) is 5.91 Å². The molecule has 3 heterocycles. The average molecular weight is 396 g/mol. The Morgan fingerprint density at radius 1 is 1.29 bits per heavy atom. The second kappa shape index (κ2) is 7.09. The Bertz CT molecular complexity index is 1060. The molecule has 0 saturated carbocycles. The molecule has 0 saturated heterocycles. The molecule has 28 heavy (non-hydrogen) atoms. The van der Waals surface area contributed by atoms with E-state index >= 15 is 0 Å². The Labute approximate surface area is 166 Å². The van der Waals surface area contributed by atoms with Gasteiger partial charge in [0.05, 0.1) is 17.8 Å². The zero-order chi connectivity index (χ0) is 19.8. The molecule has 1 aliphatic rings. The number of benzene rings is 1. The van der Waals surface area contributed by atoms with Crippen LogP contribution in [0.3, 0.4) is 0 Å². The molecule has 0 radical (unpaired) electrons. The van der Waals surface area contributed by atoms with E-state index < -0.39 is 0 Å². The summed E-state index contributed by atoms with van der Waals surface area (Å²) in [6, 6.07) is 10.4. The fraction of sp³-hybridized carbons (Fsp3) is 0.200. The number of nitrogens with two attached hydrogens (primary N) is 1. The Hall–Kier alpha value is -3.19. The van der Waals surface area contributed by atoms with Crippen LogP contribution in [0.1, 0.15) is 39.4 Å². The van der Waals surface area contributed by atoms with E-state index in [9.17, 15) is 9.59 Å².